The van der Waals surface area contributed by atoms with E-state index in [-0.39, 0.29) is 35.4 Å². The first-order valence-corrected chi connectivity index (χ1v) is 11.0. The first-order valence-electron chi connectivity index (χ1n) is 9.52. The van der Waals surface area contributed by atoms with Gasteiger partial charge in [0.05, 0.1) is 6.54 Å². The van der Waals surface area contributed by atoms with Crippen LogP contribution in [-0.4, -0.2) is 69.1 Å². The van der Waals surface area contributed by atoms with Gasteiger partial charge in [-0.25, -0.2) is 13.1 Å². The minimum Gasteiger partial charge on any atom is -0.357 e. The Hall–Kier alpha value is -0.980. The zero-order valence-corrected chi connectivity index (χ0v) is 20.2. The summed E-state index contributed by atoms with van der Waals surface area (Å²) in [6, 6.07) is 3.98. The third kappa shape index (κ3) is 7.45. The van der Waals surface area contributed by atoms with Crippen molar-refractivity contribution >= 4 is 40.0 Å². The molecule has 0 spiro atoms. The lowest BCUT2D eigenvalue weighted by atomic mass is 10.1. The Bertz CT molecular complexity index is 714. The van der Waals surface area contributed by atoms with Gasteiger partial charge in [0, 0.05) is 50.7 Å². The molecule has 1 aromatic rings. The Labute approximate surface area is 186 Å². The molecule has 8 nitrogen and oxygen atoms in total. The van der Waals surface area contributed by atoms with Gasteiger partial charge in [0.25, 0.3) is 0 Å². The van der Waals surface area contributed by atoms with E-state index >= 15 is 0 Å². The molecule has 10 heteroatoms. The van der Waals surface area contributed by atoms with Crippen LogP contribution in [0, 0.1) is 5.92 Å². The minimum atomic E-state index is -3.55. The number of nitrogens with zero attached hydrogens (tertiary/aromatic N) is 3. The maximum absolute atomic E-state index is 12.2. The van der Waals surface area contributed by atoms with Crippen molar-refractivity contribution in [2.75, 3.05) is 32.7 Å². The SMILES string of the molecule is CCNC(=NCCNS(=O)(=O)c1cccnc1)NC1CN(C(C)C)CC1C.I. The molecule has 1 aliphatic heterocycles. The van der Waals surface area contributed by atoms with Crippen LogP contribution in [0.1, 0.15) is 27.7 Å². The predicted octanol–water partition coefficient (Wildman–Crippen LogP) is 1.26. The second-order valence-electron chi connectivity index (χ2n) is 7.12. The first-order chi connectivity index (χ1) is 12.8. The average Bonchev–Trinajstić information content (AvgIpc) is 3.00. The minimum absolute atomic E-state index is 0. The van der Waals surface area contributed by atoms with Crippen LogP contribution in [0.15, 0.2) is 34.4 Å². The lowest BCUT2D eigenvalue weighted by Gasteiger charge is -2.22. The van der Waals surface area contributed by atoms with Crippen molar-refractivity contribution in [1.29, 1.82) is 0 Å². The van der Waals surface area contributed by atoms with E-state index < -0.39 is 10.0 Å². The Morgan fingerprint density at radius 3 is 2.71 bits per heavy atom. The Morgan fingerprint density at radius 2 is 2.14 bits per heavy atom. The zero-order chi connectivity index (χ0) is 19.9. The standard InChI is InChI=1S/C18H32N6O2S.HI/c1-5-20-18(23-17-13-24(14(2)3)12-15(17)4)21-9-10-22-27(25,26)16-7-6-8-19-11-16;/h6-8,11,14-15,17,22H,5,9-10,12-13H2,1-4H3,(H2,20,21,23);1H. The molecule has 1 fully saturated rings. The summed E-state index contributed by atoms with van der Waals surface area (Å²) in [6.07, 6.45) is 2.88. The third-order valence-corrected chi connectivity index (χ3v) is 6.10. The summed E-state index contributed by atoms with van der Waals surface area (Å²) >= 11 is 0. The number of aromatic nitrogens is 1. The highest BCUT2D eigenvalue weighted by atomic mass is 127. The van der Waals surface area contributed by atoms with Crippen molar-refractivity contribution in [1.82, 2.24) is 25.2 Å². The topological polar surface area (TPSA) is 98.7 Å². The molecular formula is C18H33IN6O2S. The normalized spacial score (nSPS) is 20.8. The molecule has 0 aliphatic carbocycles. The number of hydrogen-bond acceptors (Lipinski definition) is 5. The summed E-state index contributed by atoms with van der Waals surface area (Å²) in [6.45, 7) is 12.1. The van der Waals surface area contributed by atoms with Gasteiger partial charge in [-0.2, -0.15) is 0 Å². The Morgan fingerprint density at radius 1 is 1.39 bits per heavy atom. The fourth-order valence-corrected chi connectivity index (χ4v) is 4.03. The van der Waals surface area contributed by atoms with Crippen LogP contribution in [0.4, 0.5) is 0 Å². The molecule has 28 heavy (non-hydrogen) atoms. The molecule has 1 saturated heterocycles. The molecule has 2 rings (SSSR count). The molecule has 160 valence electrons. The van der Waals surface area contributed by atoms with E-state index in [0.717, 1.165) is 25.6 Å². The predicted molar refractivity (Wildman–Crippen MR) is 124 cm³/mol. The van der Waals surface area contributed by atoms with Crippen LogP contribution in [0.2, 0.25) is 0 Å². The Balaban J connectivity index is 0.00000392. The quantitative estimate of drug-likeness (QED) is 0.205. The van der Waals surface area contributed by atoms with E-state index in [1.807, 2.05) is 6.92 Å². The van der Waals surface area contributed by atoms with E-state index in [4.69, 9.17) is 0 Å². The van der Waals surface area contributed by atoms with Gasteiger partial charge in [-0.05, 0) is 38.8 Å². The largest absolute Gasteiger partial charge is 0.357 e. The van der Waals surface area contributed by atoms with Crippen molar-refractivity contribution in [2.24, 2.45) is 10.9 Å². The smallest absolute Gasteiger partial charge is 0.242 e. The van der Waals surface area contributed by atoms with Crippen LogP contribution in [-0.2, 0) is 10.0 Å². The van der Waals surface area contributed by atoms with Crippen LogP contribution in [0.5, 0.6) is 0 Å². The molecule has 2 atom stereocenters. The molecule has 0 radical (unpaired) electrons. The van der Waals surface area contributed by atoms with E-state index in [2.05, 4.69) is 51.0 Å². The first kappa shape index (κ1) is 25.1. The molecule has 1 aromatic heterocycles. The molecule has 0 saturated carbocycles. The number of halogens is 1. The van der Waals surface area contributed by atoms with Crippen LogP contribution >= 0.6 is 24.0 Å². The van der Waals surface area contributed by atoms with Crippen LogP contribution < -0.4 is 15.4 Å². The van der Waals surface area contributed by atoms with Gasteiger partial charge in [-0.1, -0.05) is 6.92 Å². The molecule has 3 N–H and O–H groups in total. The van der Waals surface area contributed by atoms with E-state index in [9.17, 15) is 8.42 Å². The average molecular weight is 524 g/mol. The summed E-state index contributed by atoms with van der Waals surface area (Å²) in [7, 11) is -3.55. The lowest BCUT2D eigenvalue weighted by molar-refractivity contribution is 0.265. The van der Waals surface area contributed by atoms with Crippen LogP contribution in [0.25, 0.3) is 0 Å². The van der Waals surface area contributed by atoms with E-state index in [1.165, 1.54) is 12.3 Å². The van der Waals surface area contributed by atoms with Crippen molar-refractivity contribution in [3.63, 3.8) is 0 Å². The second kappa shape index (κ2) is 11.9. The van der Waals surface area contributed by atoms with Gasteiger partial charge >= 0.3 is 0 Å². The summed E-state index contributed by atoms with van der Waals surface area (Å²) in [4.78, 5) is 11.0. The fourth-order valence-electron chi connectivity index (χ4n) is 3.05. The zero-order valence-electron chi connectivity index (χ0n) is 17.1. The van der Waals surface area contributed by atoms with Gasteiger partial charge in [-0.15, -0.1) is 24.0 Å². The number of rotatable bonds is 8. The number of guanidine groups is 1. The summed E-state index contributed by atoms with van der Waals surface area (Å²) < 4.78 is 26.9. The number of hydrogen-bond donors (Lipinski definition) is 3. The molecule has 1 aliphatic rings. The summed E-state index contributed by atoms with van der Waals surface area (Å²) in [5, 5.41) is 6.73. The number of nitrogens with one attached hydrogen (secondary N) is 3. The van der Waals surface area contributed by atoms with Crippen molar-refractivity contribution in [2.45, 2.75) is 44.7 Å². The number of sulfonamides is 1. The second-order valence-corrected chi connectivity index (χ2v) is 8.89. The highest BCUT2D eigenvalue weighted by molar-refractivity contribution is 14.0. The lowest BCUT2D eigenvalue weighted by Crippen LogP contribution is -2.47. The van der Waals surface area contributed by atoms with E-state index in [0.29, 0.717) is 24.5 Å². The molecule has 2 heterocycles. The maximum atomic E-state index is 12.2. The fraction of sp³-hybridized carbons (Fsp3) is 0.667. The number of pyridine rings is 1. The molecule has 0 amide bonds. The molecule has 0 bridgehead atoms. The molecular weight excluding hydrogens is 491 g/mol. The Kier molecular flexibility index (Phi) is 10.6. The van der Waals surface area contributed by atoms with Crippen LogP contribution in [0.3, 0.4) is 0 Å². The highest BCUT2D eigenvalue weighted by Gasteiger charge is 2.31. The third-order valence-electron chi connectivity index (χ3n) is 4.66. The van der Waals surface area contributed by atoms with Gasteiger partial charge < -0.3 is 10.6 Å². The van der Waals surface area contributed by atoms with Crippen molar-refractivity contribution in [3.8, 4) is 0 Å². The highest BCUT2D eigenvalue weighted by Crippen LogP contribution is 2.18. The number of aliphatic imine (C=N–C) groups is 1. The maximum Gasteiger partial charge on any atom is 0.242 e. The monoisotopic (exact) mass is 524 g/mol. The van der Waals surface area contributed by atoms with Gasteiger partial charge in [0.15, 0.2) is 5.96 Å². The molecule has 2 unspecified atom stereocenters. The summed E-state index contributed by atoms with van der Waals surface area (Å²) in [5.41, 5.74) is 0. The van der Waals surface area contributed by atoms with Gasteiger partial charge in [0.2, 0.25) is 10.0 Å². The van der Waals surface area contributed by atoms with Gasteiger partial charge in [0.1, 0.15) is 4.90 Å². The van der Waals surface area contributed by atoms with Gasteiger partial charge in [-0.3, -0.25) is 14.9 Å². The summed E-state index contributed by atoms with van der Waals surface area (Å²) in [5.74, 6) is 1.25. The molecule has 0 aromatic carbocycles. The van der Waals surface area contributed by atoms with E-state index in [1.54, 1.807) is 12.3 Å². The number of likely N-dealkylation sites (tertiary alicyclic amines) is 1. The van der Waals surface area contributed by atoms with Crippen molar-refractivity contribution in [3.05, 3.63) is 24.5 Å². The van der Waals surface area contributed by atoms with Crippen molar-refractivity contribution < 1.29 is 8.42 Å².